The van der Waals surface area contributed by atoms with Gasteiger partial charge >= 0.3 is 5.82 Å². The van der Waals surface area contributed by atoms with Crippen LogP contribution in [0.4, 0.5) is 5.82 Å². The van der Waals surface area contributed by atoms with Crippen molar-refractivity contribution < 1.29 is 4.92 Å². The zero-order valence-corrected chi connectivity index (χ0v) is 11.8. The molecular formula is C14H19N3O2. The molecule has 0 fully saturated rings. The molecule has 2 rings (SSSR count). The van der Waals surface area contributed by atoms with Crippen molar-refractivity contribution >= 4 is 5.82 Å². The summed E-state index contributed by atoms with van der Waals surface area (Å²) in [5.41, 5.74) is 1.70. The van der Waals surface area contributed by atoms with E-state index in [1.54, 1.807) is 13.8 Å². The lowest BCUT2D eigenvalue weighted by Crippen LogP contribution is -2.04. The van der Waals surface area contributed by atoms with Gasteiger partial charge in [0.05, 0.1) is 6.54 Å². The van der Waals surface area contributed by atoms with Crippen molar-refractivity contribution in [1.29, 1.82) is 0 Å². The first kappa shape index (κ1) is 14.9. The molecule has 5 nitrogen and oxygen atoms in total. The Morgan fingerprint density at radius 2 is 1.79 bits per heavy atom. The number of hydrogen-bond acceptors (Lipinski definition) is 3. The number of aryl methyl sites for hydroxylation is 1. The molecule has 0 bridgehead atoms. The van der Waals surface area contributed by atoms with E-state index in [1.165, 1.54) is 0 Å². The summed E-state index contributed by atoms with van der Waals surface area (Å²) in [6.45, 7) is 8.11. The minimum atomic E-state index is -0.441. The topological polar surface area (TPSA) is 61.0 Å². The van der Waals surface area contributed by atoms with Gasteiger partial charge < -0.3 is 14.7 Å². The summed E-state index contributed by atoms with van der Waals surface area (Å²) >= 11 is 0. The molecule has 1 aromatic heterocycles. The van der Waals surface area contributed by atoms with Crippen LogP contribution in [0.25, 0.3) is 0 Å². The molecule has 0 aliphatic heterocycles. The molecule has 0 atom stereocenters. The van der Waals surface area contributed by atoms with E-state index in [1.807, 2.05) is 48.7 Å². The second kappa shape index (κ2) is 6.68. The zero-order valence-electron chi connectivity index (χ0n) is 11.8. The molecule has 0 amide bonds. The van der Waals surface area contributed by atoms with Gasteiger partial charge in [-0.3, -0.25) is 0 Å². The van der Waals surface area contributed by atoms with Crippen LogP contribution in [0.2, 0.25) is 0 Å². The van der Waals surface area contributed by atoms with E-state index in [0.717, 1.165) is 5.56 Å². The van der Waals surface area contributed by atoms with E-state index in [4.69, 9.17) is 0 Å². The molecule has 0 radical (unpaired) electrons. The highest BCUT2D eigenvalue weighted by Crippen LogP contribution is 2.19. The van der Waals surface area contributed by atoms with Crippen molar-refractivity contribution in [3.8, 4) is 0 Å². The first-order chi connectivity index (χ1) is 9.09. The molecule has 0 aliphatic rings. The van der Waals surface area contributed by atoms with Crippen molar-refractivity contribution in [3.63, 3.8) is 0 Å². The van der Waals surface area contributed by atoms with Gasteiger partial charge in [-0.25, -0.2) is 0 Å². The van der Waals surface area contributed by atoms with Crippen LogP contribution in [0.1, 0.15) is 30.9 Å². The standard InChI is InChI=1S/C12H13N3O2.C2H6/c1-9-12(15(16)17)13-10(2)14(9)8-11-6-4-3-5-7-11;1-2/h3-7H,8H2,1-2H3;1-2H3. The van der Waals surface area contributed by atoms with Gasteiger partial charge in [-0.1, -0.05) is 44.2 Å². The largest absolute Gasteiger partial charge is 0.384 e. The van der Waals surface area contributed by atoms with E-state index in [9.17, 15) is 10.1 Å². The molecule has 0 N–H and O–H groups in total. The molecular weight excluding hydrogens is 242 g/mol. The quantitative estimate of drug-likeness (QED) is 0.627. The maximum atomic E-state index is 10.8. The Labute approximate surface area is 113 Å². The van der Waals surface area contributed by atoms with E-state index in [0.29, 0.717) is 18.1 Å². The SMILES string of the molecule is CC.Cc1nc([N+](=O)[O-])c(C)n1Cc1ccccc1. The van der Waals surface area contributed by atoms with Crippen molar-refractivity contribution in [1.82, 2.24) is 9.55 Å². The second-order valence-electron chi connectivity index (χ2n) is 3.90. The van der Waals surface area contributed by atoms with E-state index >= 15 is 0 Å². The Morgan fingerprint density at radius 1 is 1.21 bits per heavy atom. The first-order valence-corrected chi connectivity index (χ1v) is 6.31. The van der Waals surface area contributed by atoms with Crippen molar-refractivity contribution in [2.75, 3.05) is 0 Å². The van der Waals surface area contributed by atoms with Crippen LogP contribution >= 0.6 is 0 Å². The van der Waals surface area contributed by atoms with Crippen LogP contribution in [0.3, 0.4) is 0 Å². The molecule has 0 spiro atoms. The lowest BCUT2D eigenvalue weighted by Gasteiger charge is -2.05. The lowest BCUT2D eigenvalue weighted by atomic mass is 10.2. The Hall–Kier alpha value is -2.17. The van der Waals surface area contributed by atoms with Crippen LogP contribution in [0, 0.1) is 24.0 Å². The molecule has 0 aliphatic carbocycles. The predicted octanol–water partition coefficient (Wildman–Crippen LogP) is 3.48. The normalized spacial score (nSPS) is 9.68. The summed E-state index contributed by atoms with van der Waals surface area (Å²) in [6.07, 6.45) is 0. The third-order valence-electron chi connectivity index (χ3n) is 2.74. The van der Waals surface area contributed by atoms with Crippen LogP contribution in [0.15, 0.2) is 30.3 Å². The minimum absolute atomic E-state index is 0.0570. The number of nitro groups is 1. The number of hydrogen-bond donors (Lipinski definition) is 0. The fraction of sp³-hybridized carbons (Fsp3) is 0.357. The van der Waals surface area contributed by atoms with E-state index < -0.39 is 4.92 Å². The maximum absolute atomic E-state index is 10.8. The average Bonchev–Trinajstić information content (AvgIpc) is 2.70. The lowest BCUT2D eigenvalue weighted by molar-refractivity contribution is -0.390. The van der Waals surface area contributed by atoms with Crippen molar-refractivity contribution in [3.05, 3.63) is 57.5 Å². The highest BCUT2D eigenvalue weighted by molar-refractivity contribution is 5.30. The van der Waals surface area contributed by atoms with Gasteiger partial charge in [0, 0.05) is 6.92 Å². The summed E-state index contributed by atoms with van der Waals surface area (Å²) in [4.78, 5) is 14.3. The van der Waals surface area contributed by atoms with Gasteiger partial charge in [0.1, 0.15) is 5.69 Å². The Bertz CT molecular complexity index is 547. The molecule has 19 heavy (non-hydrogen) atoms. The van der Waals surface area contributed by atoms with Crippen molar-refractivity contribution in [2.45, 2.75) is 34.2 Å². The molecule has 0 saturated heterocycles. The highest BCUT2D eigenvalue weighted by Gasteiger charge is 2.21. The van der Waals surface area contributed by atoms with Crippen LogP contribution in [-0.2, 0) is 6.54 Å². The zero-order chi connectivity index (χ0) is 14.4. The summed E-state index contributed by atoms with van der Waals surface area (Å²) in [7, 11) is 0. The maximum Gasteiger partial charge on any atom is 0.384 e. The molecule has 102 valence electrons. The van der Waals surface area contributed by atoms with E-state index in [-0.39, 0.29) is 5.82 Å². The molecule has 1 heterocycles. The number of nitrogens with zero attached hydrogens (tertiary/aromatic N) is 3. The van der Waals surface area contributed by atoms with Crippen LogP contribution in [-0.4, -0.2) is 14.5 Å². The fourth-order valence-corrected chi connectivity index (χ4v) is 1.83. The molecule has 2 aromatic rings. The Kier molecular flexibility index (Phi) is 5.23. The predicted molar refractivity (Wildman–Crippen MR) is 75.2 cm³/mol. The van der Waals surface area contributed by atoms with Crippen molar-refractivity contribution in [2.24, 2.45) is 0 Å². The number of rotatable bonds is 3. The highest BCUT2D eigenvalue weighted by atomic mass is 16.6. The third-order valence-corrected chi connectivity index (χ3v) is 2.74. The summed E-state index contributed by atoms with van der Waals surface area (Å²) in [5.74, 6) is 0.608. The smallest absolute Gasteiger partial charge is 0.358 e. The third kappa shape index (κ3) is 3.40. The monoisotopic (exact) mass is 261 g/mol. The Balaban J connectivity index is 0.000000861. The van der Waals surface area contributed by atoms with Gasteiger partial charge in [-0.05, 0) is 22.4 Å². The molecule has 5 heteroatoms. The number of imidazole rings is 1. The first-order valence-electron chi connectivity index (χ1n) is 6.31. The Morgan fingerprint density at radius 3 is 2.26 bits per heavy atom. The van der Waals surface area contributed by atoms with Crippen LogP contribution in [0.5, 0.6) is 0 Å². The summed E-state index contributed by atoms with van der Waals surface area (Å²) < 4.78 is 1.85. The van der Waals surface area contributed by atoms with Crippen LogP contribution < -0.4 is 0 Å². The van der Waals surface area contributed by atoms with Gasteiger partial charge in [0.15, 0.2) is 0 Å². The number of benzene rings is 1. The van der Waals surface area contributed by atoms with E-state index in [2.05, 4.69) is 4.98 Å². The van der Waals surface area contributed by atoms with Gasteiger partial charge in [-0.2, -0.15) is 0 Å². The molecule has 0 unspecified atom stereocenters. The summed E-state index contributed by atoms with van der Waals surface area (Å²) in [5, 5.41) is 10.8. The summed E-state index contributed by atoms with van der Waals surface area (Å²) in [6, 6.07) is 9.83. The minimum Gasteiger partial charge on any atom is -0.358 e. The molecule has 0 saturated carbocycles. The number of aromatic nitrogens is 2. The van der Waals surface area contributed by atoms with Gasteiger partial charge in [-0.15, -0.1) is 0 Å². The average molecular weight is 261 g/mol. The van der Waals surface area contributed by atoms with Gasteiger partial charge in [0.25, 0.3) is 0 Å². The molecule has 1 aromatic carbocycles. The second-order valence-corrected chi connectivity index (χ2v) is 3.90. The fourth-order valence-electron chi connectivity index (χ4n) is 1.83. The van der Waals surface area contributed by atoms with Gasteiger partial charge in [0.2, 0.25) is 5.82 Å².